The fourth-order valence-electron chi connectivity index (χ4n) is 4.16. The van der Waals surface area contributed by atoms with E-state index in [4.69, 9.17) is 0 Å². The summed E-state index contributed by atoms with van der Waals surface area (Å²) < 4.78 is 0. The zero-order chi connectivity index (χ0) is 19.3. The lowest BCUT2D eigenvalue weighted by molar-refractivity contribution is -0.00000604. The maximum absolute atomic E-state index is 2.73. The minimum Gasteiger partial charge on any atom is -1.00 e. The van der Waals surface area contributed by atoms with Crippen molar-refractivity contribution in [1.82, 2.24) is 0 Å². The lowest BCUT2D eigenvalue weighted by Crippen LogP contribution is -3.00. The Hall–Kier alpha value is 1.16. The second-order valence-electron chi connectivity index (χ2n) is 9.09. The van der Waals surface area contributed by atoms with Gasteiger partial charge in [0.25, 0.3) is 0 Å². The zero-order valence-corrected chi connectivity index (χ0v) is 22.7. The Morgan fingerprint density at radius 1 is 0.370 bits per heavy atom. The summed E-state index contributed by atoms with van der Waals surface area (Å²) in [5.74, 6) is 0. The Kier molecular flexibility index (Phi) is 26.4. The van der Waals surface area contributed by atoms with Gasteiger partial charge in [-0.05, 0) is 38.5 Å². The van der Waals surface area contributed by atoms with Gasteiger partial charge in [-0.15, -0.1) is 0 Å². The van der Waals surface area contributed by atoms with Crippen LogP contribution in [0, 0.1) is 0 Å². The lowest BCUT2D eigenvalue weighted by Gasteiger charge is -2.24. The molecule has 0 heterocycles. The van der Waals surface area contributed by atoms with E-state index in [1.165, 1.54) is 116 Å². The van der Waals surface area contributed by atoms with Crippen molar-refractivity contribution in [2.45, 2.75) is 136 Å². The quantitative estimate of drug-likeness (QED) is 0.0910. The summed E-state index contributed by atoms with van der Waals surface area (Å²) in [6.45, 7) is 9.70. The van der Waals surface area contributed by atoms with Crippen molar-refractivity contribution in [2.75, 3.05) is 25.2 Å². The third-order valence-corrected chi connectivity index (χ3v) is 10.3. The van der Waals surface area contributed by atoms with Crippen LogP contribution in [-0.2, 0) is 0 Å². The molecule has 0 aliphatic rings. The van der Waals surface area contributed by atoms with Crippen LogP contribution in [0.3, 0.4) is 0 Å². The number of rotatable bonds is 21. The fraction of sp³-hybridized carbons (Fsp3) is 1.00. The molecule has 166 valence electrons. The molecule has 0 N–H and O–H groups in total. The van der Waals surface area contributed by atoms with Gasteiger partial charge in [0.1, 0.15) is 0 Å². The molecule has 0 fully saturated rings. The lowest BCUT2D eigenvalue weighted by atomic mass is 10.1. The standard InChI is InChI=1S/C25H54P.HI/c1-5-8-11-14-17-20-23-26(4,24-21-18-15-12-9-6-2)25-22-19-16-13-10-7-3;/h5-25H2,1-4H3;1H/q+1;/p-1. The highest BCUT2D eigenvalue weighted by atomic mass is 127. The van der Waals surface area contributed by atoms with Crippen LogP contribution in [0.5, 0.6) is 0 Å². The monoisotopic (exact) mass is 512 g/mol. The van der Waals surface area contributed by atoms with Crippen LogP contribution in [0.1, 0.15) is 136 Å². The summed E-state index contributed by atoms with van der Waals surface area (Å²) >= 11 is 0. The normalized spacial score (nSPS) is 11.6. The molecule has 0 aliphatic heterocycles. The van der Waals surface area contributed by atoms with Crippen LogP contribution in [0.2, 0.25) is 0 Å². The zero-order valence-electron chi connectivity index (χ0n) is 19.7. The van der Waals surface area contributed by atoms with Crippen molar-refractivity contribution in [3.63, 3.8) is 0 Å². The van der Waals surface area contributed by atoms with Gasteiger partial charge >= 0.3 is 0 Å². The molecule has 2 heteroatoms. The fourth-order valence-corrected chi connectivity index (χ4v) is 7.79. The van der Waals surface area contributed by atoms with Crippen molar-refractivity contribution in [2.24, 2.45) is 0 Å². The molecule has 0 bridgehead atoms. The van der Waals surface area contributed by atoms with Crippen LogP contribution < -0.4 is 24.0 Å². The largest absolute Gasteiger partial charge is 1.00 e. The molecule has 27 heavy (non-hydrogen) atoms. The molecular formula is C25H54IP. The molecule has 0 spiro atoms. The van der Waals surface area contributed by atoms with Crippen molar-refractivity contribution < 1.29 is 24.0 Å². The number of halogens is 1. The molecule has 0 radical (unpaired) electrons. The molecular weight excluding hydrogens is 458 g/mol. The Balaban J connectivity index is 0. The third kappa shape index (κ3) is 21.7. The third-order valence-electron chi connectivity index (χ3n) is 6.15. The highest BCUT2D eigenvalue weighted by Gasteiger charge is 2.29. The van der Waals surface area contributed by atoms with Gasteiger partial charge in [-0.2, -0.15) is 0 Å². The molecule has 0 nitrogen and oxygen atoms in total. The van der Waals surface area contributed by atoms with Gasteiger partial charge in [-0.3, -0.25) is 0 Å². The molecule has 0 unspecified atom stereocenters. The van der Waals surface area contributed by atoms with E-state index in [-0.39, 0.29) is 24.0 Å². The number of hydrogen-bond donors (Lipinski definition) is 0. The van der Waals surface area contributed by atoms with Gasteiger partial charge in [0.15, 0.2) is 0 Å². The van der Waals surface area contributed by atoms with Crippen molar-refractivity contribution in [3.05, 3.63) is 0 Å². The molecule has 0 aliphatic carbocycles. The van der Waals surface area contributed by atoms with Crippen molar-refractivity contribution in [3.8, 4) is 0 Å². The van der Waals surface area contributed by atoms with Crippen molar-refractivity contribution >= 4 is 7.26 Å². The minimum atomic E-state index is -0.636. The van der Waals surface area contributed by atoms with Crippen LogP contribution in [0.25, 0.3) is 0 Å². The van der Waals surface area contributed by atoms with Gasteiger partial charge in [0.05, 0.1) is 18.5 Å². The first-order valence-electron chi connectivity index (χ1n) is 12.5. The Morgan fingerprint density at radius 2 is 0.593 bits per heavy atom. The van der Waals surface area contributed by atoms with Gasteiger partial charge < -0.3 is 24.0 Å². The summed E-state index contributed by atoms with van der Waals surface area (Å²) in [6, 6.07) is 0. The Labute approximate surface area is 192 Å². The molecule has 0 amide bonds. The van der Waals surface area contributed by atoms with Crippen molar-refractivity contribution in [1.29, 1.82) is 0 Å². The smallest absolute Gasteiger partial charge is 0.0591 e. The average molecular weight is 513 g/mol. The van der Waals surface area contributed by atoms with Crippen LogP contribution in [0.15, 0.2) is 0 Å². The summed E-state index contributed by atoms with van der Waals surface area (Å²) in [5, 5.41) is 0. The highest BCUT2D eigenvalue weighted by molar-refractivity contribution is 7.75. The Morgan fingerprint density at radius 3 is 0.852 bits per heavy atom. The second-order valence-corrected chi connectivity index (χ2v) is 13.7. The maximum atomic E-state index is 2.73. The van der Waals surface area contributed by atoms with E-state index < -0.39 is 7.26 Å². The molecule has 0 aromatic rings. The summed E-state index contributed by atoms with van der Waals surface area (Å²) in [6.07, 6.45) is 31.2. The van der Waals surface area contributed by atoms with Gasteiger partial charge in [-0.25, -0.2) is 0 Å². The average Bonchev–Trinajstić information content (AvgIpc) is 2.64. The van der Waals surface area contributed by atoms with E-state index in [1.54, 1.807) is 18.5 Å². The van der Waals surface area contributed by atoms with Crippen LogP contribution >= 0.6 is 7.26 Å². The molecule has 0 aromatic heterocycles. The van der Waals surface area contributed by atoms with E-state index in [2.05, 4.69) is 27.4 Å². The predicted octanol–water partition coefficient (Wildman–Crippen LogP) is 6.72. The molecule has 0 atom stereocenters. The molecule has 0 aromatic carbocycles. The molecule has 0 saturated carbocycles. The summed E-state index contributed by atoms with van der Waals surface area (Å²) in [5.41, 5.74) is 0. The topological polar surface area (TPSA) is 0 Å². The van der Waals surface area contributed by atoms with E-state index >= 15 is 0 Å². The predicted molar refractivity (Wildman–Crippen MR) is 128 cm³/mol. The summed E-state index contributed by atoms with van der Waals surface area (Å²) in [4.78, 5) is 0. The number of unbranched alkanes of at least 4 members (excludes halogenated alkanes) is 15. The second kappa shape index (κ2) is 23.4. The van der Waals surface area contributed by atoms with E-state index in [0.29, 0.717) is 0 Å². The maximum Gasteiger partial charge on any atom is 0.0591 e. The Bertz CT molecular complexity index is 226. The van der Waals surface area contributed by atoms with Gasteiger partial charge in [0.2, 0.25) is 0 Å². The molecule has 0 saturated heterocycles. The first-order chi connectivity index (χ1) is 12.7. The summed E-state index contributed by atoms with van der Waals surface area (Å²) in [7, 11) is -0.636. The first kappa shape index (κ1) is 30.4. The van der Waals surface area contributed by atoms with Gasteiger partial charge in [0, 0.05) is 13.9 Å². The van der Waals surface area contributed by atoms with Crippen LogP contribution in [-0.4, -0.2) is 25.2 Å². The van der Waals surface area contributed by atoms with Crippen LogP contribution in [0.4, 0.5) is 0 Å². The minimum absolute atomic E-state index is 0. The first-order valence-corrected chi connectivity index (χ1v) is 15.3. The van der Waals surface area contributed by atoms with Gasteiger partial charge in [-0.1, -0.05) is 97.8 Å². The van der Waals surface area contributed by atoms with E-state index in [1.807, 2.05) is 0 Å². The number of hydrogen-bond acceptors (Lipinski definition) is 0. The van der Waals surface area contributed by atoms with E-state index in [0.717, 1.165) is 0 Å². The van der Waals surface area contributed by atoms with E-state index in [9.17, 15) is 0 Å². The highest BCUT2D eigenvalue weighted by Crippen LogP contribution is 2.57. The molecule has 0 rings (SSSR count). The SMILES string of the molecule is CCCCCCCC[P+](C)(CCCCCCCC)CCCCCCCC.[I-].